The summed E-state index contributed by atoms with van der Waals surface area (Å²) in [6.07, 6.45) is 8.85. The van der Waals surface area contributed by atoms with Crippen LogP contribution in [0.1, 0.15) is 19.3 Å². The summed E-state index contributed by atoms with van der Waals surface area (Å²) in [5.41, 5.74) is 5.15. The molecule has 1 aliphatic rings. The molecule has 0 aliphatic carbocycles. The molecule has 5 aromatic rings. The molecular formula is C23H20FN7. The summed E-state index contributed by atoms with van der Waals surface area (Å²) in [5.74, 6) is 0.208. The van der Waals surface area contributed by atoms with E-state index >= 15 is 0 Å². The summed E-state index contributed by atoms with van der Waals surface area (Å²) >= 11 is 0. The molecule has 7 nitrogen and oxygen atoms in total. The number of nitrogens with zero attached hydrogens (tertiary/aromatic N) is 5. The fourth-order valence-electron chi connectivity index (χ4n) is 4.37. The van der Waals surface area contributed by atoms with Crippen molar-refractivity contribution < 1.29 is 4.39 Å². The van der Waals surface area contributed by atoms with Gasteiger partial charge in [0.25, 0.3) is 0 Å². The summed E-state index contributed by atoms with van der Waals surface area (Å²) in [6, 6.07) is 9.17. The molecule has 1 fully saturated rings. The highest BCUT2D eigenvalue weighted by molar-refractivity contribution is 5.97. The van der Waals surface area contributed by atoms with Gasteiger partial charge in [-0.1, -0.05) is 6.07 Å². The molecule has 154 valence electrons. The lowest BCUT2D eigenvalue weighted by Crippen LogP contribution is -2.29. The third kappa shape index (κ3) is 3.02. The normalized spacial score (nSPS) is 14.5. The highest BCUT2D eigenvalue weighted by atomic mass is 19.1. The number of aromatic nitrogens is 6. The second kappa shape index (κ2) is 7.16. The Hall–Kier alpha value is -3.81. The van der Waals surface area contributed by atoms with E-state index in [0.29, 0.717) is 22.6 Å². The van der Waals surface area contributed by atoms with Gasteiger partial charge in [0.2, 0.25) is 0 Å². The second-order valence-corrected chi connectivity index (χ2v) is 7.86. The molecule has 8 heteroatoms. The largest absolute Gasteiger partial charge is 0.370 e. The topological polar surface area (TPSA) is 86.4 Å². The van der Waals surface area contributed by atoms with Crippen molar-refractivity contribution in [2.75, 3.05) is 18.0 Å². The molecule has 0 radical (unpaired) electrons. The molecule has 0 unspecified atom stereocenters. The van der Waals surface area contributed by atoms with Crippen molar-refractivity contribution in [2.45, 2.75) is 19.3 Å². The van der Waals surface area contributed by atoms with E-state index in [-0.39, 0.29) is 11.3 Å². The molecule has 5 heterocycles. The first-order chi connectivity index (χ1) is 15.3. The van der Waals surface area contributed by atoms with Crippen LogP contribution in [-0.2, 0) is 0 Å². The van der Waals surface area contributed by atoms with Crippen molar-refractivity contribution in [3.8, 4) is 22.6 Å². The number of piperidine rings is 1. The van der Waals surface area contributed by atoms with E-state index < -0.39 is 0 Å². The zero-order valence-corrected chi connectivity index (χ0v) is 16.8. The maximum atomic E-state index is 14.8. The average molecular weight is 413 g/mol. The molecule has 1 aliphatic heterocycles. The Bertz CT molecular complexity index is 1380. The average Bonchev–Trinajstić information content (AvgIpc) is 3.44. The summed E-state index contributed by atoms with van der Waals surface area (Å²) in [7, 11) is 0. The van der Waals surface area contributed by atoms with Crippen molar-refractivity contribution in [2.24, 2.45) is 0 Å². The lowest BCUT2D eigenvalue weighted by molar-refractivity contribution is 0.578. The monoisotopic (exact) mass is 413 g/mol. The maximum absolute atomic E-state index is 14.8. The first kappa shape index (κ1) is 18.0. The van der Waals surface area contributed by atoms with Crippen LogP contribution < -0.4 is 4.90 Å². The van der Waals surface area contributed by atoms with Gasteiger partial charge in [-0.05, 0) is 49.1 Å². The molecule has 4 aromatic heterocycles. The Labute approximate surface area is 177 Å². The predicted octanol–water partition coefficient (Wildman–Crippen LogP) is 4.69. The Balaban J connectivity index is 1.50. The third-order valence-corrected chi connectivity index (χ3v) is 5.91. The summed E-state index contributed by atoms with van der Waals surface area (Å²) < 4.78 is 14.8. The zero-order chi connectivity index (χ0) is 20.8. The zero-order valence-electron chi connectivity index (χ0n) is 16.8. The van der Waals surface area contributed by atoms with Gasteiger partial charge in [0, 0.05) is 42.6 Å². The number of halogens is 1. The fraction of sp³-hybridized carbons (Fsp3) is 0.217. The van der Waals surface area contributed by atoms with Gasteiger partial charge in [-0.15, -0.1) is 0 Å². The minimum Gasteiger partial charge on any atom is -0.370 e. The number of imidazole rings is 1. The van der Waals surface area contributed by atoms with Crippen molar-refractivity contribution in [3.05, 3.63) is 54.7 Å². The van der Waals surface area contributed by atoms with Gasteiger partial charge in [0.15, 0.2) is 17.3 Å². The summed E-state index contributed by atoms with van der Waals surface area (Å²) in [4.78, 5) is 19.1. The molecule has 6 rings (SSSR count). The Morgan fingerprint density at radius 3 is 2.74 bits per heavy atom. The quantitative estimate of drug-likeness (QED) is 0.448. The van der Waals surface area contributed by atoms with Crippen LogP contribution in [-0.4, -0.2) is 43.2 Å². The Morgan fingerprint density at radius 1 is 1.00 bits per heavy atom. The molecule has 1 aromatic carbocycles. The minimum atomic E-state index is -0.387. The summed E-state index contributed by atoms with van der Waals surface area (Å²) in [6.45, 7) is 2.06. The predicted molar refractivity (Wildman–Crippen MR) is 118 cm³/mol. The summed E-state index contributed by atoms with van der Waals surface area (Å²) in [5, 5.41) is 7.84. The molecule has 0 saturated carbocycles. The first-order valence-corrected chi connectivity index (χ1v) is 10.5. The highest BCUT2D eigenvalue weighted by Gasteiger charge is 2.20. The van der Waals surface area contributed by atoms with Crippen molar-refractivity contribution in [1.29, 1.82) is 0 Å². The molecule has 1 saturated heterocycles. The van der Waals surface area contributed by atoms with Crippen LogP contribution in [0.2, 0.25) is 0 Å². The number of H-pyrrole nitrogens is 2. The van der Waals surface area contributed by atoms with Gasteiger partial charge in [-0.2, -0.15) is 5.10 Å². The molecule has 0 spiro atoms. The van der Waals surface area contributed by atoms with Crippen LogP contribution in [0.5, 0.6) is 0 Å². The van der Waals surface area contributed by atoms with Gasteiger partial charge < -0.3 is 9.88 Å². The van der Waals surface area contributed by atoms with Gasteiger partial charge in [0.05, 0.1) is 5.69 Å². The SMILES string of the molecule is Fc1cc(-c2cccnc2)cc2c(-c3nc4nccc(N5CCCCC5)c4[nH]3)[nH]nc12. The lowest BCUT2D eigenvalue weighted by atomic mass is 10.0. The van der Waals surface area contributed by atoms with E-state index in [1.165, 1.54) is 25.3 Å². The van der Waals surface area contributed by atoms with E-state index in [2.05, 4.69) is 30.0 Å². The number of anilines is 1. The van der Waals surface area contributed by atoms with E-state index in [4.69, 9.17) is 4.98 Å². The molecule has 31 heavy (non-hydrogen) atoms. The maximum Gasteiger partial charge on any atom is 0.180 e. The minimum absolute atomic E-state index is 0.285. The van der Waals surface area contributed by atoms with Crippen LogP contribution in [0, 0.1) is 5.82 Å². The molecule has 0 amide bonds. The van der Waals surface area contributed by atoms with Crippen molar-refractivity contribution in [1.82, 2.24) is 30.1 Å². The molecule has 0 bridgehead atoms. The van der Waals surface area contributed by atoms with Crippen molar-refractivity contribution >= 4 is 27.8 Å². The smallest absolute Gasteiger partial charge is 0.180 e. The van der Waals surface area contributed by atoms with Crippen LogP contribution in [0.3, 0.4) is 0 Å². The van der Waals surface area contributed by atoms with Gasteiger partial charge in [-0.3, -0.25) is 10.1 Å². The Kier molecular flexibility index (Phi) is 4.15. The van der Waals surface area contributed by atoms with Crippen LogP contribution >= 0.6 is 0 Å². The van der Waals surface area contributed by atoms with E-state index in [0.717, 1.165) is 35.4 Å². The number of pyridine rings is 2. The number of rotatable bonds is 3. The number of hydrogen-bond acceptors (Lipinski definition) is 5. The van der Waals surface area contributed by atoms with Gasteiger partial charge in [0.1, 0.15) is 16.7 Å². The van der Waals surface area contributed by atoms with Crippen LogP contribution in [0.25, 0.3) is 44.7 Å². The number of nitrogens with one attached hydrogen (secondary N) is 2. The highest BCUT2D eigenvalue weighted by Crippen LogP contribution is 2.33. The standard InChI is InChI=1S/C23H20FN7/c24-17-12-15(14-5-4-7-25-13-14)11-16-19(17)29-30-20(16)23-27-21-18(6-8-26-22(21)28-23)31-9-2-1-3-10-31/h4-8,11-13H,1-3,9-10H2,(H,29,30)(H,26,27,28). The molecule has 0 atom stereocenters. The first-order valence-electron chi connectivity index (χ1n) is 10.5. The van der Waals surface area contributed by atoms with Crippen LogP contribution in [0.15, 0.2) is 48.9 Å². The number of benzene rings is 1. The van der Waals surface area contributed by atoms with Crippen LogP contribution in [0.4, 0.5) is 10.1 Å². The lowest BCUT2D eigenvalue weighted by Gasteiger charge is -2.28. The Morgan fingerprint density at radius 2 is 1.90 bits per heavy atom. The number of hydrogen-bond donors (Lipinski definition) is 2. The second-order valence-electron chi connectivity index (χ2n) is 7.86. The molecule has 2 N–H and O–H groups in total. The fourth-order valence-corrected chi connectivity index (χ4v) is 4.37. The number of aromatic amines is 2. The van der Waals surface area contributed by atoms with Gasteiger partial charge in [-0.25, -0.2) is 14.4 Å². The van der Waals surface area contributed by atoms with E-state index in [9.17, 15) is 4.39 Å². The van der Waals surface area contributed by atoms with Crippen molar-refractivity contribution in [3.63, 3.8) is 0 Å². The third-order valence-electron chi connectivity index (χ3n) is 5.91. The molecular weight excluding hydrogens is 393 g/mol. The van der Waals surface area contributed by atoms with Gasteiger partial charge >= 0.3 is 0 Å². The van der Waals surface area contributed by atoms with E-state index in [1.54, 1.807) is 18.6 Å². The van der Waals surface area contributed by atoms with E-state index in [1.807, 2.05) is 24.3 Å². The number of fused-ring (bicyclic) bond motifs is 2.